The van der Waals surface area contributed by atoms with E-state index in [0.29, 0.717) is 0 Å². The summed E-state index contributed by atoms with van der Waals surface area (Å²) >= 11 is 0. The molecular weight excluding hydrogens is 244 g/mol. The Hall–Kier alpha value is -0.990. The van der Waals surface area contributed by atoms with Crippen molar-refractivity contribution < 1.29 is 35.1 Å². The minimum atomic E-state index is -1.72. The number of ether oxygens (including phenoxy) is 1. The molecule has 0 aromatic carbocycles. The van der Waals surface area contributed by atoms with E-state index in [1.165, 1.54) is 0 Å². The van der Waals surface area contributed by atoms with Gasteiger partial charge in [-0.1, -0.05) is 6.58 Å². The highest BCUT2D eigenvalue weighted by atomic mass is 16.5. The van der Waals surface area contributed by atoms with Crippen LogP contribution in [0.3, 0.4) is 0 Å². The van der Waals surface area contributed by atoms with Crippen molar-refractivity contribution >= 4 is 5.97 Å². The van der Waals surface area contributed by atoms with Gasteiger partial charge in [-0.25, -0.2) is 4.79 Å². The summed E-state index contributed by atoms with van der Waals surface area (Å²) in [5, 5.41) is 46.0. The van der Waals surface area contributed by atoms with Gasteiger partial charge in [0, 0.05) is 12.0 Å². The summed E-state index contributed by atoms with van der Waals surface area (Å²) in [5.74, 6) is -0.707. The molecule has 0 unspecified atom stereocenters. The second kappa shape index (κ2) is 8.17. The zero-order chi connectivity index (χ0) is 14.3. The van der Waals surface area contributed by atoms with E-state index in [9.17, 15) is 20.1 Å². The zero-order valence-corrected chi connectivity index (χ0v) is 10.2. The van der Waals surface area contributed by atoms with Gasteiger partial charge in [-0.05, 0) is 6.92 Å². The number of hydrogen-bond acceptors (Lipinski definition) is 7. The van der Waals surface area contributed by atoms with Crippen LogP contribution in [0.4, 0.5) is 0 Å². The molecular formula is C11H20O7. The third-order valence-corrected chi connectivity index (χ3v) is 2.35. The van der Waals surface area contributed by atoms with Gasteiger partial charge in [0.1, 0.15) is 18.3 Å². The molecule has 0 saturated heterocycles. The van der Waals surface area contributed by atoms with Crippen molar-refractivity contribution in [1.82, 2.24) is 0 Å². The maximum absolute atomic E-state index is 11.2. The third kappa shape index (κ3) is 5.11. The molecule has 0 radical (unpaired) electrons. The summed E-state index contributed by atoms with van der Waals surface area (Å²) in [5.41, 5.74) is -0.0610. The van der Waals surface area contributed by atoms with E-state index in [1.807, 2.05) is 0 Å². The van der Waals surface area contributed by atoms with Gasteiger partial charge in [-0.15, -0.1) is 0 Å². The van der Waals surface area contributed by atoms with Crippen LogP contribution in [0.5, 0.6) is 0 Å². The smallest absolute Gasteiger partial charge is 0.333 e. The van der Waals surface area contributed by atoms with Crippen LogP contribution < -0.4 is 0 Å². The molecule has 0 rings (SSSR count). The van der Waals surface area contributed by atoms with Crippen LogP contribution in [0.15, 0.2) is 12.2 Å². The summed E-state index contributed by atoms with van der Waals surface area (Å²) in [4.78, 5) is 11.2. The summed E-state index contributed by atoms with van der Waals surface area (Å²) in [7, 11) is 0. The van der Waals surface area contributed by atoms with Gasteiger partial charge in [0.25, 0.3) is 0 Å². The first kappa shape index (κ1) is 17.0. The molecule has 0 aliphatic carbocycles. The van der Waals surface area contributed by atoms with E-state index < -0.39 is 37.0 Å². The van der Waals surface area contributed by atoms with E-state index in [1.54, 1.807) is 6.92 Å². The Morgan fingerprint density at radius 1 is 1.17 bits per heavy atom. The standard InChI is InChI=1S/C11H20O7/c1-3-18-11(17)6(2)4-7(13)9(15)10(16)8(14)5-12/h7-10,12-16H,2-5H2,1H3/t7-,8+,9+,10-/m0/s1. The fourth-order valence-electron chi connectivity index (χ4n) is 1.25. The number of carbonyl (C=O) groups excluding carboxylic acids is 1. The lowest BCUT2D eigenvalue weighted by Gasteiger charge is -2.25. The van der Waals surface area contributed by atoms with Crippen molar-refractivity contribution in [3.8, 4) is 0 Å². The highest BCUT2D eigenvalue weighted by Crippen LogP contribution is 2.13. The minimum absolute atomic E-state index is 0.0610. The van der Waals surface area contributed by atoms with Crippen molar-refractivity contribution in [3.63, 3.8) is 0 Å². The van der Waals surface area contributed by atoms with E-state index in [4.69, 9.17) is 10.2 Å². The molecule has 7 nitrogen and oxygen atoms in total. The quantitative estimate of drug-likeness (QED) is 0.252. The van der Waals surface area contributed by atoms with Crippen molar-refractivity contribution in [2.75, 3.05) is 13.2 Å². The summed E-state index contributed by atoms with van der Waals surface area (Å²) in [6, 6.07) is 0. The second-order valence-electron chi connectivity index (χ2n) is 3.83. The molecule has 0 heterocycles. The average molecular weight is 264 g/mol. The Bertz CT molecular complexity index is 279. The number of rotatable bonds is 8. The van der Waals surface area contributed by atoms with Crippen LogP contribution in [-0.4, -0.2) is 69.1 Å². The number of aliphatic hydroxyl groups excluding tert-OH is 5. The third-order valence-electron chi connectivity index (χ3n) is 2.35. The van der Waals surface area contributed by atoms with Gasteiger partial charge in [0.2, 0.25) is 0 Å². The first-order valence-electron chi connectivity index (χ1n) is 5.53. The molecule has 106 valence electrons. The van der Waals surface area contributed by atoms with E-state index in [0.717, 1.165) is 0 Å². The fraction of sp³-hybridized carbons (Fsp3) is 0.727. The highest BCUT2D eigenvalue weighted by Gasteiger charge is 2.31. The number of hydrogen-bond donors (Lipinski definition) is 5. The molecule has 5 N–H and O–H groups in total. The normalized spacial score (nSPS) is 17.7. The van der Waals surface area contributed by atoms with Gasteiger partial charge in [0.05, 0.1) is 19.3 Å². The molecule has 0 aromatic heterocycles. The molecule has 18 heavy (non-hydrogen) atoms. The number of aliphatic hydroxyl groups is 5. The van der Waals surface area contributed by atoms with Gasteiger partial charge < -0.3 is 30.3 Å². The Balaban J connectivity index is 4.35. The fourth-order valence-corrected chi connectivity index (χ4v) is 1.25. The Morgan fingerprint density at radius 2 is 1.67 bits per heavy atom. The van der Waals surface area contributed by atoms with Crippen molar-refractivity contribution in [2.45, 2.75) is 37.8 Å². The minimum Gasteiger partial charge on any atom is -0.463 e. The van der Waals surface area contributed by atoms with Crippen LogP contribution in [-0.2, 0) is 9.53 Å². The van der Waals surface area contributed by atoms with Crippen LogP contribution >= 0.6 is 0 Å². The molecule has 0 bridgehead atoms. The Kier molecular flexibility index (Phi) is 7.72. The van der Waals surface area contributed by atoms with Crippen LogP contribution in [0.1, 0.15) is 13.3 Å². The predicted molar refractivity (Wildman–Crippen MR) is 61.5 cm³/mol. The number of esters is 1. The predicted octanol–water partition coefficient (Wildman–Crippen LogP) is -2.07. The summed E-state index contributed by atoms with van der Waals surface area (Å²) in [6.45, 7) is 4.38. The molecule has 7 heteroatoms. The first-order valence-corrected chi connectivity index (χ1v) is 5.53. The molecule has 0 aromatic rings. The molecule has 0 aliphatic heterocycles. The van der Waals surface area contributed by atoms with Gasteiger partial charge >= 0.3 is 5.97 Å². The average Bonchev–Trinajstić information content (AvgIpc) is 2.35. The van der Waals surface area contributed by atoms with Crippen LogP contribution in [0, 0.1) is 0 Å². The molecule has 0 amide bonds. The van der Waals surface area contributed by atoms with Crippen molar-refractivity contribution in [3.05, 3.63) is 12.2 Å². The van der Waals surface area contributed by atoms with Gasteiger partial charge in [-0.2, -0.15) is 0 Å². The molecule has 0 aliphatic rings. The van der Waals surface area contributed by atoms with Crippen molar-refractivity contribution in [2.24, 2.45) is 0 Å². The first-order chi connectivity index (χ1) is 8.34. The Morgan fingerprint density at radius 3 is 2.11 bits per heavy atom. The van der Waals surface area contributed by atoms with E-state index in [-0.39, 0.29) is 18.6 Å². The van der Waals surface area contributed by atoms with Crippen molar-refractivity contribution in [1.29, 1.82) is 0 Å². The van der Waals surface area contributed by atoms with Crippen LogP contribution in [0.2, 0.25) is 0 Å². The monoisotopic (exact) mass is 264 g/mol. The lowest BCUT2D eigenvalue weighted by molar-refractivity contribution is -0.140. The van der Waals surface area contributed by atoms with Gasteiger partial charge in [-0.3, -0.25) is 0 Å². The number of carbonyl (C=O) groups is 1. The topological polar surface area (TPSA) is 127 Å². The van der Waals surface area contributed by atoms with E-state index in [2.05, 4.69) is 11.3 Å². The summed E-state index contributed by atoms with van der Waals surface area (Å²) < 4.78 is 4.63. The zero-order valence-electron chi connectivity index (χ0n) is 10.2. The molecule has 0 saturated carbocycles. The Labute approximate surface area is 105 Å². The van der Waals surface area contributed by atoms with Crippen LogP contribution in [0.25, 0.3) is 0 Å². The molecule has 0 spiro atoms. The summed E-state index contributed by atoms with van der Waals surface area (Å²) in [6.07, 6.45) is -6.82. The van der Waals surface area contributed by atoms with Gasteiger partial charge in [0.15, 0.2) is 0 Å². The van der Waals surface area contributed by atoms with E-state index >= 15 is 0 Å². The lowest BCUT2D eigenvalue weighted by atomic mass is 9.98. The SMILES string of the molecule is C=C(C[C@H](O)[C@@H](O)[C@@H](O)[C@H](O)CO)C(=O)OCC. The second-order valence-corrected chi connectivity index (χ2v) is 3.83. The molecule has 0 fully saturated rings. The highest BCUT2D eigenvalue weighted by molar-refractivity contribution is 5.87. The maximum Gasteiger partial charge on any atom is 0.333 e. The molecule has 4 atom stereocenters. The lowest BCUT2D eigenvalue weighted by Crippen LogP contribution is -2.46. The maximum atomic E-state index is 11.2. The largest absolute Gasteiger partial charge is 0.463 e.